The predicted octanol–water partition coefficient (Wildman–Crippen LogP) is 3.84. The molecule has 1 fully saturated rings. The Morgan fingerprint density at radius 1 is 1.09 bits per heavy atom. The maximum atomic E-state index is 13.2. The number of carbonyl (C=O) groups excluding carboxylic acids is 3. The number of carbonyl (C=O) groups is 3. The summed E-state index contributed by atoms with van der Waals surface area (Å²) in [7, 11) is 0. The summed E-state index contributed by atoms with van der Waals surface area (Å²) in [6.45, 7) is 9.21. The number of likely N-dealkylation sites (N-methyl/N-ethyl adjacent to an activating group) is 1. The van der Waals surface area contributed by atoms with Crippen molar-refractivity contribution in [3.8, 4) is 0 Å². The Labute approximate surface area is 210 Å². The van der Waals surface area contributed by atoms with Crippen LogP contribution >= 0.6 is 23.2 Å². The van der Waals surface area contributed by atoms with E-state index >= 15 is 0 Å². The number of urea groups is 1. The van der Waals surface area contributed by atoms with Gasteiger partial charge in [0.2, 0.25) is 5.91 Å². The molecule has 3 amide bonds. The van der Waals surface area contributed by atoms with Crippen LogP contribution in [0.4, 0.5) is 4.79 Å². The standard InChI is InChI=1S/C24H32Cl2N4O4/c1-4-20(31)29-11-7-10-28(12-13-29)15-19-21(23(32)34-6-3)22(27-24(33)30(19)5-2)16-8-9-17(25)18(26)14-16/h8-9,14,22H,4-7,10-13,15H2,1-3H3,(H,27,33)/t22-/m0/s1. The molecule has 0 aliphatic carbocycles. The summed E-state index contributed by atoms with van der Waals surface area (Å²) < 4.78 is 5.42. The van der Waals surface area contributed by atoms with Gasteiger partial charge in [-0.1, -0.05) is 36.2 Å². The largest absolute Gasteiger partial charge is 0.463 e. The second-order valence-electron chi connectivity index (χ2n) is 8.25. The molecule has 1 atom stereocenters. The number of ether oxygens (including phenoxy) is 1. The van der Waals surface area contributed by atoms with Crippen molar-refractivity contribution in [2.75, 3.05) is 45.9 Å². The predicted molar refractivity (Wildman–Crippen MR) is 132 cm³/mol. The number of hydrogen-bond donors (Lipinski definition) is 1. The van der Waals surface area contributed by atoms with E-state index in [1.54, 1.807) is 30.0 Å². The molecule has 0 spiro atoms. The van der Waals surface area contributed by atoms with Gasteiger partial charge >= 0.3 is 12.0 Å². The van der Waals surface area contributed by atoms with E-state index in [4.69, 9.17) is 27.9 Å². The highest BCUT2D eigenvalue weighted by Gasteiger charge is 2.38. The molecule has 0 unspecified atom stereocenters. The Hall–Kier alpha value is -2.29. The fraction of sp³-hybridized carbons (Fsp3) is 0.542. The van der Waals surface area contributed by atoms with E-state index in [1.165, 1.54) is 0 Å². The Balaban J connectivity index is 2.01. The zero-order valence-electron chi connectivity index (χ0n) is 19.9. The first-order valence-electron chi connectivity index (χ1n) is 11.7. The minimum atomic E-state index is -0.718. The van der Waals surface area contributed by atoms with Gasteiger partial charge in [-0.05, 0) is 38.0 Å². The normalized spacial score (nSPS) is 19.7. The molecule has 1 aromatic rings. The zero-order valence-corrected chi connectivity index (χ0v) is 21.4. The molecular weight excluding hydrogens is 479 g/mol. The molecule has 186 valence electrons. The molecule has 3 rings (SSSR count). The van der Waals surface area contributed by atoms with Gasteiger partial charge in [-0.2, -0.15) is 0 Å². The van der Waals surface area contributed by atoms with Gasteiger partial charge in [0.05, 0.1) is 28.3 Å². The van der Waals surface area contributed by atoms with Gasteiger partial charge in [-0.15, -0.1) is 0 Å². The monoisotopic (exact) mass is 510 g/mol. The number of amides is 3. The lowest BCUT2D eigenvalue weighted by Crippen LogP contribution is -2.51. The smallest absolute Gasteiger partial charge is 0.338 e. The Morgan fingerprint density at radius 3 is 2.50 bits per heavy atom. The topological polar surface area (TPSA) is 82.2 Å². The number of rotatable bonds is 7. The fourth-order valence-electron chi connectivity index (χ4n) is 4.41. The van der Waals surface area contributed by atoms with Crippen LogP contribution in [0.15, 0.2) is 29.5 Å². The summed E-state index contributed by atoms with van der Waals surface area (Å²) in [4.78, 5) is 44.1. The lowest BCUT2D eigenvalue weighted by molar-refractivity contribution is -0.139. The third-order valence-corrected chi connectivity index (χ3v) is 6.88. The zero-order chi connectivity index (χ0) is 24.8. The van der Waals surface area contributed by atoms with Gasteiger partial charge in [0.1, 0.15) is 0 Å². The molecule has 2 heterocycles. The maximum Gasteiger partial charge on any atom is 0.338 e. The van der Waals surface area contributed by atoms with Gasteiger partial charge < -0.3 is 15.0 Å². The number of nitrogens with zero attached hydrogens (tertiary/aromatic N) is 3. The Morgan fingerprint density at radius 2 is 1.85 bits per heavy atom. The van der Waals surface area contributed by atoms with E-state index < -0.39 is 12.0 Å². The van der Waals surface area contributed by atoms with Gasteiger partial charge in [0.15, 0.2) is 0 Å². The quantitative estimate of drug-likeness (QED) is 0.563. The van der Waals surface area contributed by atoms with Crippen molar-refractivity contribution >= 4 is 41.1 Å². The van der Waals surface area contributed by atoms with Crippen LogP contribution in [0.25, 0.3) is 0 Å². The first-order valence-corrected chi connectivity index (χ1v) is 12.5. The molecule has 34 heavy (non-hydrogen) atoms. The molecule has 0 bridgehead atoms. The summed E-state index contributed by atoms with van der Waals surface area (Å²) in [6, 6.07) is 4.04. The average molecular weight is 511 g/mol. The van der Waals surface area contributed by atoms with E-state index in [-0.39, 0.29) is 18.5 Å². The number of halogens is 2. The highest BCUT2D eigenvalue weighted by molar-refractivity contribution is 6.42. The van der Waals surface area contributed by atoms with Crippen molar-refractivity contribution in [2.45, 2.75) is 39.7 Å². The van der Waals surface area contributed by atoms with Crippen molar-refractivity contribution in [2.24, 2.45) is 0 Å². The molecule has 2 aliphatic heterocycles. The second-order valence-corrected chi connectivity index (χ2v) is 9.06. The van der Waals surface area contributed by atoms with Gasteiger partial charge in [0, 0.05) is 51.4 Å². The fourth-order valence-corrected chi connectivity index (χ4v) is 4.72. The lowest BCUT2D eigenvalue weighted by atomic mass is 9.94. The van der Waals surface area contributed by atoms with Crippen molar-refractivity contribution in [1.82, 2.24) is 20.0 Å². The third-order valence-electron chi connectivity index (χ3n) is 6.14. The number of benzene rings is 1. The highest BCUT2D eigenvalue weighted by atomic mass is 35.5. The van der Waals surface area contributed by atoms with E-state index in [0.717, 1.165) is 13.0 Å². The second kappa shape index (κ2) is 11.9. The first kappa shape index (κ1) is 26.3. The summed E-state index contributed by atoms with van der Waals surface area (Å²) >= 11 is 12.3. The maximum absolute atomic E-state index is 13.2. The van der Waals surface area contributed by atoms with Crippen LogP contribution in [-0.2, 0) is 14.3 Å². The summed E-state index contributed by atoms with van der Waals surface area (Å²) in [6.07, 6.45) is 1.30. The summed E-state index contributed by atoms with van der Waals surface area (Å²) in [5, 5.41) is 3.66. The molecule has 0 saturated carbocycles. The van der Waals surface area contributed by atoms with Crippen LogP contribution in [0.5, 0.6) is 0 Å². The molecule has 2 aliphatic rings. The van der Waals surface area contributed by atoms with Gasteiger partial charge in [0.25, 0.3) is 0 Å². The van der Waals surface area contributed by atoms with Gasteiger partial charge in [-0.3, -0.25) is 14.6 Å². The van der Waals surface area contributed by atoms with Crippen LogP contribution in [-0.4, -0.2) is 78.5 Å². The van der Waals surface area contributed by atoms with Crippen molar-refractivity contribution < 1.29 is 19.1 Å². The lowest BCUT2D eigenvalue weighted by Gasteiger charge is -2.38. The van der Waals surface area contributed by atoms with Crippen molar-refractivity contribution in [1.29, 1.82) is 0 Å². The molecule has 8 nitrogen and oxygen atoms in total. The van der Waals surface area contributed by atoms with Crippen LogP contribution in [0, 0.1) is 0 Å². The molecule has 1 saturated heterocycles. The van der Waals surface area contributed by atoms with Crippen LogP contribution < -0.4 is 5.32 Å². The van der Waals surface area contributed by atoms with Crippen LogP contribution in [0.3, 0.4) is 0 Å². The van der Waals surface area contributed by atoms with E-state index in [9.17, 15) is 14.4 Å². The van der Waals surface area contributed by atoms with E-state index in [1.807, 2.05) is 18.7 Å². The average Bonchev–Trinajstić information content (AvgIpc) is 3.06. The number of nitrogens with one attached hydrogen (secondary N) is 1. The van der Waals surface area contributed by atoms with Crippen molar-refractivity contribution in [3.05, 3.63) is 45.1 Å². The molecule has 0 radical (unpaired) electrons. The Bertz CT molecular complexity index is 968. The van der Waals surface area contributed by atoms with E-state index in [0.29, 0.717) is 66.0 Å². The summed E-state index contributed by atoms with van der Waals surface area (Å²) in [5.41, 5.74) is 1.64. The van der Waals surface area contributed by atoms with Crippen molar-refractivity contribution in [3.63, 3.8) is 0 Å². The molecule has 0 aromatic heterocycles. The van der Waals surface area contributed by atoms with Gasteiger partial charge in [-0.25, -0.2) is 9.59 Å². The Kier molecular flexibility index (Phi) is 9.22. The SMILES string of the molecule is CCOC(=O)C1=C(CN2CCCN(C(=O)CC)CC2)N(CC)C(=O)N[C@H]1c1ccc(Cl)c(Cl)c1. The highest BCUT2D eigenvalue weighted by Crippen LogP contribution is 2.34. The van der Waals surface area contributed by atoms with Crippen LogP contribution in [0.2, 0.25) is 10.0 Å². The molecule has 1 N–H and O–H groups in total. The minimum absolute atomic E-state index is 0.139. The molecule has 1 aromatic carbocycles. The number of esters is 1. The third kappa shape index (κ3) is 5.85. The van der Waals surface area contributed by atoms with E-state index in [2.05, 4.69) is 10.2 Å². The molecule has 10 heteroatoms. The molecular formula is C24H32Cl2N4O4. The minimum Gasteiger partial charge on any atom is -0.463 e. The number of hydrogen-bond acceptors (Lipinski definition) is 5. The van der Waals surface area contributed by atoms with Crippen LogP contribution in [0.1, 0.15) is 45.2 Å². The first-order chi connectivity index (χ1) is 16.3. The summed E-state index contributed by atoms with van der Waals surface area (Å²) in [5.74, 6) is -0.343.